The van der Waals surface area contributed by atoms with Crippen molar-refractivity contribution in [3.8, 4) is 29.9 Å². The quantitative estimate of drug-likeness (QED) is 0.139. The number of hydrogen-bond acceptors (Lipinski definition) is 8. The molecule has 0 unspecified atom stereocenters. The number of H-pyrrole nitrogens is 1. The van der Waals surface area contributed by atoms with Crippen LogP contribution in [0.25, 0.3) is 22.2 Å². The average molecular weight is 756 g/mol. The summed E-state index contributed by atoms with van der Waals surface area (Å²) < 4.78 is 30.9. The van der Waals surface area contributed by atoms with E-state index in [-0.39, 0.29) is 40.5 Å². The van der Waals surface area contributed by atoms with E-state index >= 15 is 0 Å². The number of carbonyl (C=O) groups excluding carboxylic acids is 4. The van der Waals surface area contributed by atoms with Crippen LogP contribution in [0.5, 0.6) is 5.75 Å². The second-order valence-corrected chi connectivity index (χ2v) is 13.8. The Labute approximate surface area is 315 Å². The van der Waals surface area contributed by atoms with Crippen LogP contribution < -0.4 is 25.9 Å². The predicted octanol–water partition coefficient (Wildman–Crippen LogP) is 3.76. The molecule has 2 aliphatic rings. The zero-order chi connectivity index (χ0) is 39.8. The minimum absolute atomic E-state index is 0.00950. The van der Waals surface area contributed by atoms with E-state index in [0.29, 0.717) is 31.2 Å². The number of aromatic amines is 1. The molecule has 2 heterocycles. The van der Waals surface area contributed by atoms with Crippen molar-refractivity contribution in [2.75, 3.05) is 20.2 Å². The Morgan fingerprint density at radius 1 is 1.02 bits per heavy atom. The summed E-state index contributed by atoms with van der Waals surface area (Å²) in [7, 11) is -2.12. The van der Waals surface area contributed by atoms with Crippen LogP contribution in [0, 0.1) is 24.7 Å². The molecule has 13 nitrogen and oxygen atoms in total. The molecule has 3 aromatic carbocycles. The molecule has 1 saturated heterocycles. The van der Waals surface area contributed by atoms with Gasteiger partial charge in [-0.1, -0.05) is 61.5 Å². The third-order valence-electron chi connectivity index (χ3n) is 8.55. The van der Waals surface area contributed by atoms with Crippen LogP contribution in [0.3, 0.4) is 0 Å². The van der Waals surface area contributed by atoms with E-state index in [1.165, 1.54) is 17.0 Å². The van der Waals surface area contributed by atoms with Crippen molar-refractivity contribution in [3.63, 3.8) is 0 Å². The van der Waals surface area contributed by atoms with E-state index in [2.05, 4.69) is 34.4 Å². The molecule has 0 radical (unpaired) electrons. The van der Waals surface area contributed by atoms with Crippen molar-refractivity contribution < 1.29 is 32.3 Å². The molecule has 0 bridgehead atoms. The van der Waals surface area contributed by atoms with Crippen molar-refractivity contribution in [2.24, 2.45) is 17.6 Å². The number of ether oxygens (including phenoxy) is 1. The summed E-state index contributed by atoms with van der Waals surface area (Å²) >= 11 is 0. The SMILES string of the molecule is C#C.C=C[C@@H]1C[C@@H]1C(=O)NS(=O)(=O)c1ccccc1.CCC(=O)NCC(=O)N1CCC[C@H]1C(N)=O.COc1ccc2c(=O)cc(-c3ccccc3)[nH]c2c1. The summed E-state index contributed by atoms with van der Waals surface area (Å²) in [6.07, 6.45) is 12.1. The maximum absolute atomic E-state index is 12.1. The molecule has 54 heavy (non-hydrogen) atoms. The maximum Gasteiger partial charge on any atom is 0.264 e. The lowest BCUT2D eigenvalue weighted by Gasteiger charge is -2.22. The molecule has 1 aromatic heterocycles. The molecule has 1 aliphatic heterocycles. The number of pyridine rings is 1. The number of methoxy groups -OCH3 is 1. The summed E-state index contributed by atoms with van der Waals surface area (Å²) in [4.78, 5) is 62.3. The van der Waals surface area contributed by atoms with Gasteiger partial charge in [-0.25, -0.2) is 13.1 Å². The number of benzene rings is 3. The fourth-order valence-electron chi connectivity index (χ4n) is 5.54. The van der Waals surface area contributed by atoms with Gasteiger partial charge in [-0.15, -0.1) is 19.4 Å². The lowest BCUT2D eigenvalue weighted by atomic mass is 10.1. The lowest BCUT2D eigenvalue weighted by molar-refractivity contribution is -0.137. The third kappa shape index (κ3) is 11.7. The minimum Gasteiger partial charge on any atom is -0.497 e. The number of likely N-dealkylation sites (tertiary alicyclic amines) is 1. The number of sulfonamides is 1. The third-order valence-corrected chi connectivity index (χ3v) is 9.91. The molecular weight excluding hydrogens is 711 g/mol. The fourth-order valence-corrected chi connectivity index (χ4v) is 6.59. The fraction of sp³-hybridized carbons (Fsp3) is 0.275. The minimum atomic E-state index is -3.73. The second kappa shape index (κ2) is 20.1. The van der Waals surface area contributed by atoms with Gasteiger partial charge in [-0.05, 0) is 55.0 Å². The van der Waals surface area contributed by atoms with E-state index in [4.69, 9.17) is 10.5 Å². The van der Waals surface area contributed by atoms with Gasteiger partial charge in [0.1, 0.15) is 11.8 Å². The van der Waals surface area contributed by atoms with Crippen LogP contribution in [-0.4, -0.2) is 68.2 Å². The van der Waals surface area contributed by atoms with E-state index in [9.17, 15) is 32.4 Å². The molecular formula is C40H45N5O8S. The predicted molar refractivity (Wildman–Crippen MR) is 207 cm³/mol. The van der Waals surface area contributed by atoms with Gasteiger partial charge < -0.3 is 25.7 Å². The van der Waals surface area contributed by atoms with Crippen LogP contribution in [0.4, 0.5) is 0 Å². The Balaban J connectivity index is 0.000000214. The highest BCUT2D eigenvalue weighted by molar-refractivity contribution is 7.90. The lowest BCUT2D eigenvalue weighted by Crippen LogP contribution is -2.47. The number of allylic oxidation sites excluding steroid dienone is 1. The number of carbonyl (C=O) groups is 4. The normalized spacial score (nSPS) is 16.7. The van der Waals surface area contributed by atoms with Gasteiger partial charge in [0.05, 0.1) is 24.1 Å². The Morgan fingerprint density at radius 3 is 2.24 bits per heavy atom. The first-order chi connectivity index (χ1) is 25.9. The van der Waals surface area contributed by atoms with E-state index in [0.717, 1.165) is 28.9 Å². The molecule has 4 aromatic rings. The van der Waals surface area contributed by atoms with E-state index in [1.807, 2.05) is 36.4 Å². The molecule has 4 amide bonds. The van der Waals surface area contributed by atoms with Crippen molar-refractivity contribution in [1.29, 1.82) is 0 Å². The van der Waals surface area contributed by atoms with Gasteiger partial charge in [0, 0.05) is 42.1 Å². The highest BCUT2D eigenvalue weighted by atomic mass is 32.2. The van der Waals surface area contributed by atoms with Crippen LogP contribution in [-0.2, 0) is 29.2 Å². The van der Waals surface area contributed by atoms with Crippen molar-refractivity contribution in [2.45, 2.75) is 43.5 Å². The number of amides is 4. The van der Waals surface area contributed by atoms with Gasteiger partial charge >= 0.3 is 0 Å². The Hall–Kier alpha value is -6.20. The van der Waals surface area contributed by atoms with Gasteiger partial charge in [0.15, 0.2) is 5.43 Å². The standard InChI is InChI=1S/C16H13NO2.C12H13NO3S.C10H17N3O3.C2H2/c1-19-12-7-8-13-15(9-12)17-14(10-16(13)18)11-5-3-2-4-6-11;1-2-9-8-11(9)12(14)13-17(15,16)10-6-4-3-5-7-10;1-2-8(14)12-6-9(15)13-5-3-4-7(13)10(11)16;1-2/h2-10H,1H3,(H,17,18);2-7,9,11H,1,8H2,(H,13,14);7H,2-6H2,1H3,(H2,11,16)(H,12,14);1-2H/t;9-,11+;7-;/m.10./s1. The molecule has 1 saturated carbocycles. The highest BCUT2D eigenvalue weighted by Gasteiger charge is 2.42. The van der Waals surface area contributed by atoms with Crippen molar-refractivity contribution >= 4 is 44.6 Å². The number of terminal acetylenes is 1. The molecule has 5 N–H and O–H groups in total. The number of rotatable bonds is 10. The van der Waals surface area contributed by atoms with Crippen LogP contribution in [0.2, 0.25) is 0 Å². The first-order valence-electron chi connectivity index (χ1n) is 17.1. The van der Waals surface area contributed by atoms with Crippen LogP contribution in [0.1, 0.15) is 32.6 Å². The zero-order valence-electron chi connectivity index (χ0n) is 30.2. The van der Waals surface area contributed by atoms with E-state index in [1.54, 1.807) is 56.5 Å². The summed E-state index contributed by atoms with van der Waals surface area (Å²) in [6, 6.07) is 24.2. The second-order valence-electron chi connectivity index (χ2n) is 12.1. The van der Waals surface area contributed by atoms with E-state index < -0.39 is 27.9 Å². The number of nitrogens with one attached hydrogen (secondary N) is 3. The summed E-state index contributed by atoms with van der Waals surface area (Å²) in [5.74, 6) is -0.752. The maximum atomic E-state index is 12.1. The van der Waals surface area contributed by atoms with Crippen LogP contribution in [0.15, 0.2) is 107 Å². The largest absolute Gasteiger partial charge is 0.497 e. The van der Waals surface area contributed by atoms with Gasteiger partial charge in [-0.2, -0.15) is 0 Å². The molecule has 0 spiro atoms. The topological polar surface area (TPSA) is 198 Å². The summed E-state index contributed by atoms with van der Waals surface area (Å²) in [5, 5.41) is 3.15. The number of nitrogens with zero attached hydrogens (tertiary/aromatic N) is 1. The smallest absolute Gasteiger partial charge is 0.264 e. The zero-order valence-corrected chi connectivity index (χ0v) is 31.0. The number of hydrogen-bond donors (Lipinski definition) is 4. The molecule has 2 fully saturated rings. The Morgan fingerprint density at radius 2 is 1.67 bits per heavy atom. The van der Waals surface area contributed by atoms with Crippen LogP contribution >= 0.6 is 0 Å². The van der Waals surface area contributed by atoms with Gasteiger partial charge in [0.25, 0.3) is 10.0 Å². The van der Waals surface area contributed by atoms with Crippen molar-refractivity contribution in [3.05, 3.63) is 108 Å². The first kappa shape index (κ1) is 42.2. The Kier molecular flexibility index (Phi) is 15.8. The van der Waals surface area contributed by atoms with Crippen molar-refractivity contribution in [1.82, 2.24) is 19.9 Å². The molecule has 284 valence electrons. The molecule has 1 aliphatic carbocycles. The molecule has 6 rings (SSSR count). The summed E-state index contributed by atoms with van der Waals surface area (Å²) in [6.45, 7) is 5.77. The number of fused-ring (bicyclic) bond motifs is 1. The molecule has 3 atom stereocenters. The highest BCUT2D eigenvalue weighted by Crippen LogP contribution is 2.39. The molecule has 14 heteroatoms. The first-order valence-corrected chi connectivity index (χ1v) is 18.6. The average Bonchev–Trinajstić information content (AvgIpc) is 3.83. The number of aromatic nitrogens is 1. The number of primary amides is 1. The number of nitrogens with two attached hydrogens (primary N) is 1. The summed E-state index contributed by atoms with van der Waals surface area (Å²) in [5.41, 5.74) is 7.78. The Bertz CT molecular complexity index is 2120. The van der Waals surface area contributed by atoms with Gasteiger partial charge in [0.2, 0.25) is 23.6 Å². The monoisotopic (exact) mass is 755 g/mol. The van der Waals surface area contributed by atoms with Gasteiger partial charge in [-0.3, -0.25) is 24.0 Å².